The van der Waals surface area contributed by atoms with Crippen LogP contribution in [0.4, 0.5) is 5.69 Å². The Labute approximate surface area is 153 Å². The molecule has 0 unspecified atom stereocenters. The second-order valence-corrected chi connectivity index (χ2v) is 6.57. The molecule has 0 fully saturated rings. The fourth-order valence-electron chi connectivity index (χ4n) is 3.16. The molecule has 0 aliphatic carbocycles. The molecule has 5 heteroatoms. The fourth-order valence-corrected chi connectivity index (χ4v) is 3.16. The van der Waals surface area contributed by atoms with Crippen LogP contribution >= 0.6 is 0 Å². The molecular weight excluding hydrogens is 328 g/mol. The van der Waals surface area contributed by atoms with E-state index >= 15 is 0 Å². The molecule has 5 nitrogen and oxygen atoms in total. The van der Waals surface area contributed by atoms with Crippen molar-refractivity contribution in [3.05, 3.63) is 64.3 Å². The summed E-state index contributed by atoms with van der Waals surface area (Å²) in [7, 11) is 3.07. The number of likely N-dealkylation sites (N-methyl/N-ethyl adjacent to an activating group) is 1. The molecule has 0 saturated carbocycles. The zero-order valence-corrected chi connectivity index (χ0v) is 15.6. The maximum absolute atomic E-state index is 12.8. The lowest BCUT2D eigenvalue weighted by molar-refractivity contribution is -0.135. The summed E-state index contributed by atoms with van der Waals surface area (Å²) in [5.41, 5.74) is 5.14. The molecule has 3 rings (SSSR count). The molecule has 1 aliphatic rings. The molecule has 1 N–H and O–H groups in total. The number of imide groups is 1. The number of aryl methyl sites for hydroxylation is 3. The van der Waals surface area contributed by atoms with Crippen molar-refractivity contribution in [1.29, 1.82) is 0 Å². The van der Waals surface area contributed by atoms with Crippen LogP contribution in [0, 0.1) is 20.8 Å². The van der Waals surface area contributed by atoms with Crippen molar-refractivity contribution in [3.63, 3.8) is 0 Å². The van der Waals surface area contributed by atoms with E-state index in [0.29, 0.717) is 17.0 Å². The highest BCUT2D eigenvalue weighted by Gasteiger charge is 2.37. The lowest BCUT2D eigenvalue weighted by Crippen LogP contribution is -2.28. The van der Waals surface area contributed by atoms with Crippen molar-refractivity contribution in [2.75, 3.05) is 19.5 Å². The minimum atomic E-state index is -0.353. The smallest absolute Gasteiger partial charge is 0.277 e. The van der Waals surface area contributed by atoms with E-state index in [1.54, 1.807) is 7.11 Å². The van der Waals surface area contributed by atoms with Gasteiger partial charge in [0.1, 0.15) is 11.4 Å². The topological polar surface area (TPSA) is 58.6 Å². The Morgan fingerprint density at radius 1 is 0.923 bits per heavy atom. The van der Waals surface area contributed by atoms with Crippen molar-refractivity contribution < 1.29 is 14.3 Å². The second kappa shape index (κ2) is 6.67. The molecule has 2 aromatic carbocycles. The fraction of sp³-hybridized carbons (Fsp3) is 0.238. The SMILES string of the molecule is COc1ccc(C)cc1NC1=C(c2ccc(C)cc2C)C(=O)N(C)C1=O. The number of ether oxygens (including phenoxy) is 1. The van der Waals surface area contributed by atoms with E-state index in [2.05, 4.69) is 5.32 Å². The van der Waals surface area contributed by atoms with E-state index in [9.17, 15) is 9.59 Å². The predicted octanol–water partition coefficient (Wildman–Crippen LogP) is 3.44. The second-order valence-electron chi connectivity index (χ2n) is 6.57. The minimum Gasteiger partial charge on any atom is -0.495 e. The van der Waals surface area contributed by atoms with Crippen LogP contribution in [0.5, 0.6) is 5.75 Å². The van der Waals surface area contributed by atoms with Crippen LogP contribution in [-0.2, 0) is 9.59 Å². The van der Waals surface area contributed by atoms with Crippen molar-refractivity contribution in [2.24, 2.45) is 0 Å². The number of nitrogens with zero attached hydrogens (tertiary/aromatic N) is 1. The largest absolute Gasteiger partial charge is 0.495 e. The Morgan fingerprint density at radius 2 is 1.58 bits per heavy atom. The van der Waals surface area contributed by atoms with Gasteiger partial charge in [-0.3, -0.25) is 14.5 Å². The van der Waals surface area contributed by atoms with Crippen molar-refractivity contribution in [1.82, 2.24) is 4.90 Å². The molecule has 0 bridgehead atoms. The number of anilines is 1. The number of nitrogens with one attached hydrogen (secondary N) is 1. The van der Waals surface area contributed by atoms with Gasteiger partial charge >= 0.3 is 0 Å². The van der Waals surface area contributed by atoms with Crippen LogP contribution in [-0.4, -0.2) is 30.9 Å². The van der Waals surface area contributed by atoms with E-state index < -0.39 is 0 Å². The van der Waals surface area contributed by atoms with Gasteiger partial charge in [0.05, 0.1) is 18.4 Å². The summed E-state index contributed by atoms with van der Waals surface area (Å²) in [5, 5.41) is 3.14. The van der Waals surface area contributed by atoms with E-state index in [4.69, 9.17) is 4.74 Å². The first-order valence-electron chi connectivity index (χ1n) is 8.39. The minimum absolute atomic E-state index is 0.272. The first kappa shape index (κ1) is 17.7. The highest BCUT2D eigenvalue weighted by Crippen LogP contribution is 2.34. The number of rotatable bonds is 4. The molecule has 0 atom stereocenters. The normalized spacial score (nSPS) is 14.3. The third kappa shape index (κ3) is 2.96. The zero-order valence-electron chi connectivity index (χ0n) is 15.6. The summed E-state index contributed by atoms with van der Waals surface area (Å²) in [5.74, 6) is -0.0533. The molecule has 134 valence electrons. The third-order valence-electron chi connectivity index (χ3n) is 4.55. The molecule has 0 spiro atoms. The Balaban J connectivity index is 2.17. The van der Waals surface area contributed by atoms with E-state index in [0.717, 1.165) is 27.2 Å². The molecule has 2 aromatic rings. The number of amides is 2. The monoisotopic (exact) mass is 350 g/mol. The van der Waals surface area contributed by atoms with Crippen molar-refractivity contribution in [3.8, 4) is 5.75 Å². The summed E-state index contributed by atoms with van der Waals surface area (Å²) in [6.07, 6.45) is 0. The third-order valence-corrected chi connectivity index (χ3v) is 4.55. The number of benzene rings is 2. The highest BCUT2D eigenvalue weighted by molar-refractivity contribution is 6.36. The summed E-state index contributed by atoms with van der Waals surface area (Å²) < 4.78 is 5.39. The maximum Gasteiger partial charge on any atom is 0.277 e. The Kier molecular flexibility index (Phi) is 4.55. The lowest BCUT2D eigenvalue weighted by Gasteiger charge is -2.14. The summed E-state index contributed by atoms with van der Waals surface area (Å²) in [6, 6.07) is 11.5. The van der Waals surface area contributed by atoms with Crippen LogP contribution in [0.15, 0.2) is 42.1 Å². The van der Waals surface area contributed by atoms with Gasteiger partial charge in [-0.15, -0.1) is 0 Å². The van der Waals surface area contributed by atoms with Crippen LogP contribution in [0.1, 0.15) is 22.3 Å². The van der Waals surface area contributed by atoms with Gasteiger partial charge in [0.2, 0.25) is 0 Å². The molecule has 2 amide bonds. The average Bonchev–Trinajstić information content (AvgIpc) is 2.80. The van der Waals surface area contributed by atoms with Gasteiger partial charge in [0.15, 0.2) is 0 Å². The first-order valence-corrected chi connectivity index (χ1v) is 8.39. The van der Waals surface area contributed by atoms with Gasteiger partial charge in [0.25, 0.3) is 11.8 Å². The summed E-state index contributed by atoms with van der Waals surface area (Å²) in [4.78, 5) is 26.6. The van der Waals surface area contributed by atoms with Crippen LogP contribution in [0.3, 0.4) is 0 Å². The van der Waals surface area contributed by atoms with E-state index in [1.165, 1.54) is 7.05 Å². The van der Waals surface area contributed by atoms with Gasteiger partial charge in [0, 0.05) is 7.05 Å². The molecule has 0 saturated heterocycles. The zero-order chi connectivity index (χ0) is 19.0. The lowest BCUT2D eigenvalue weighted by atomic mass is 9.97. The molecule has 26 heavy (non-hydrogen) atoms. The molecule has 0 aromatic heterocycles. The van der Waals surface area contributed by atoms with Gasteiger partial charge < -0.3 is 10.1 Å². The number of carbonyl (C=O) groups excluding carboxylic acids is 2. The molecule has 1 heterocycles. The van der Waals surface area contributed by atoms with Gasteiger partial charge in [-0.2, -0.15) is 0 Å². The van der Waals surface area contributed by atoms with E-state index in [1.807, 2.05) is 57.2 Å². The molecule has 1 aliphatic heterocycles. The quantitative estimate of drug-likeness (QED) is 0.858. The first-order chi connectivity index (χ1) is 12.3. The van der Waals surface area contributed by atoms with Crippen LogP contribution < -0.4 is 10.1 Å². The number of hydrogen-bond donors (Lipinski definition) is 1. The number of carbonyl (C=O) groups is 2. The van der Waals surface area contributed by atoms with Crippen LogP contribution in [0.25, 0.3) is 5.57 Å². The maximum atomic E-state index is 12.8. The van der Waals surface area contributed by atoms with Crippen molar-refractivity contribution in [2.45, 2.75) is 20.8 Å². The molecular formula is C21H22N2O3. The number of hydrogen-bond acceptors (Lipinski definition) is 4. The van der Waals surface area contributed by atoms with Crippen LogP contribution in [0.2, 0.25) is 0 Å². The molecule has 0 radical (unpaired) electrons. The Morgan fingerprint density at radius 3 is 2.23 bits per heavy atom. The Hall–Kier alpha value is -3.08. The van der Waals surface area contributed by atoms with Gasteiger partial charge in [-0.25, -0.2) is 0 Å². The summed E-state index contributed by atoms with van der Waals surface area (Å²) >= 11 is 0. The van der Waals surface area contributed by atoms with Crippen molar-refractivity contribution >= 4 is 23.1 Å². The number of methoxy groups -OCH3 is 1. The standard InChI is InChI=1S/C21H22N2O3/c1-12-6-8-15(14(3)10-12)18-19(21(25)23(4)20(18)24)22-16-11-13(2)7-9-17(16)26-5/h6-11,22H,1-5H3. The highest BCUT2D eigenvalue weighted by atomic mass is 16.5. The summed E-state index contributed by atoms with van der Waals surface area (Å²) in [6.45, 7) is 5.89. The van der Waals surface area contributed by atoms with Gasteiger partial charge in [-0.1, -0.05) is 29.8 Å². The van der Waals surface area contributed by atoms with E-state index in [-0.39, 0.29) is 17.5 Å². The Bertz CT molecular complexity index is 944. The van der Waals surface area contributed by atoms with Gasteiger partial charge in [-0.05, 0) is 49.6 Å². The predicted molar refractivity (Wildman–Crippen MR) is 102 cm³/mol. The average molecular weight is 350 g/mol.